The van der Waals surface area contributed by atoms with Crippen molar-refractivity contribution in [1.29, 1.82) is 0 Å². The lowest BCUT2D eigenvalue weighted by Crippen LogP contribution is -2.29. The first-order valence-corrected chi connectivity index (χ1v) is 6.72. The Morgan fingerprint density at radius 3 is 2.78 bits per heavy atom. The molecular weight excluding hydrogens is 226 g/mol. The lowest BCUT2D eigenvalue weighted by atomic mass is 10.0. The van der Waals surface area contributed by atoms with Crippen molar-refractivity contribution in [2.45, 2.75) is 38.8 Å². The number of hydrogen-bond acceptors (Lipinski definition) is 3. The quantitative estimate of drug-likeness (QED) is 0.860. The minimum Gasteiger partial charge on any atom is -0.507 e. The summed E-state index contributed by atoms with van der Waals surface area (Å²) in [6.07, 6.45) is 3.05. The molecule has 0 saturated heterocycles. The number of benzene rings is 1. The van der Waals surface area contributed by atoms with Gasteiger partial charge in [-0.15, -0.1) is 0 Å². The Labute approximate surface area is 109 Å². The Morgan fingerprint density at radius 1 is 1.33 bits per heavy atom. The molecule has 1 aromatic carbocycles. The van der Waals surface area contributed by atoms with Gasteiger partial charge in [-0.3, -0.25) is 0 Å². The van der Waals surface area contributed by atoms with Crippen LogP contribution < -0.4 is 0 Å². The maximum atomic E-state index is 9.98. The molecule has 0 aliphatic heterocycles. The molecule has 1 aliphatic carbocycles. The molecule has 0 aromatic heterocycles. The first kappa shape index (κ1) is 13.4. The number of para-hydroxylation sites is 1. The Bertz CT molecular complexity index is 405. The smallest absolute Gasteiger partial charge is 0.122 e. The highest BCUT2D eigenvalue weighted by molar-refractivity contribution is 5.39. The predicted molar refractivity (Wildman–Crippen MR) is 72.5 cm³/mol. The van der Waals surface area contributed by atoms with Crippen LogP contribution in [0.4, 0.5) is 0 Å². The molecule has 2 N–H and O–H groups in total. The highest BCUT2D eigenvalue weighted by Gasteiger charge is 2.26. The maximum Gasteiger partial charge on any atom is 0.122 e. The molecule has 1 saturated carbocycles. The first-order chi connectivity index (χ1) is 8.58. The summed E-state index contributed by atoms with van der Waals surface area (Å²) in [5.74, 6) is 0.790. The summed E-state index contributed by atoms with van der Waals surface area (Å²) in [5.41, 5.74) is 1.88. The molecule has 1 fully saturated rings. The van der Waals surface area contributed by atoms with E-state index in [0.717, 1.165) is 43.5 Å². The average Bonchev–Trinajstić information content (AvgIpc) is 2.71. The zero-order valence-electron chi connectivity index (χ0n) is 11.3. The standard InChI is InChI=1S/C15H23NO2/c1-11-5-3-7-13(15(11)18)10-16(2)9-12-6-4-8-14(12)17/h3,5,7,12,14,17-18H,4,6,8-10H2,1-2H3. The predicted octanol–water partition coefficient (Wildman–Crippen LogP) is 2.29. The van der Waals surface area contributed by atoms with Crippen molar-refractivity contribution in [1.82, 2.24) is 4.90 Å². The largest absolute Gasteiger partial charge is 0.507 e. The van der Waals surface area contributed by atoms with Crippen molar-refractivity contribution in [2.75, 3.05) is 13.6 Å². The van der Waals surface area contributed by atoms with Gasteiger partial charge >= 0.3 is 0 Å². The van der Waals surface area contributed by atoms with Gasteiger partial charge in [-0.2, -0.15) is 0 Å². The fourth-order valence-corrected chi connectivity index (χ4v) is 2.83. The van der Waals surface area contributed by atoms with Crippen molar-refractivity contribution >= 4 is 0 Å². The monoisotopic (exact) mass is 249 g/mol. The Morgan fingerprint density at radius 2 is 2.11 bits per heavy atom. The minimum atomic E-state index is -0.140. The number of aliphatic hydroxyl groups excluding tert-OH is 1. The molecule has 0 radical (unpaired) electrons. The van der Waals surface area contributed by atoms with Crippen LogP contribution in [-0.2, 0) is 6.54 Å². The number of aryl methyl sites for hydroxylation is 1. The van der Waals surface area contributed by atoms with E-state index in [1.54, 1.807) is 0 Å². The van der Waals surface area contributed by atoms with Gasteiger partial charge in [0.15, 0.2) is 0 Å². The van der Waals surface area contributed by atoms with E-state index in [1.807, 2.05) is 32.2 Å². The number of nitrogens with zero attached hydrogens (tertiary/aromatic N) is 1. The highest BCUT2D eigenvalue weighted by Crippen LogP contribution is 2.27. The number of phenolic OH excluding ortho intramolecular Hbond substituents is 1. The van der Waals surface area contributed by atoms with Crippen LogP contribution in [0.5, 0.6) is 5.75 Å². The van der Waals surface area contributed by atoms with Crippen molar-refractivity contribution in [2.24, 2.45) is 5.92 Å². The van der Waals surface area contributed by atoms with Crippen LogP contribution in [0.25, 0.3) is 0 Å². The molecule has 2 rings (SSSR count). The Kier molecular flexibility index (Phi) is 4.25. The third kappa shape index (κ3) is 3.03. The summed E-state index contributed by atoms with van der Waals surface area (Å²) in [6, 6.07) is 5.85. The molecule has 0 spiro atoms. The van der Waals surface area contributed by atoms with E-state index in [1.165, 1.54) is 0 Å². The Balaban J connectivity index is 1.94. The van der Waals surface area contributed by atoms with Gasteiger partial charge in [0.25, 0.3) is 0 Å². The summed E-state index contributed by atoms with van der Waals surface area (Å²) in [6.45, 7) is 3.55. The van der Waals surface area contributed by atoms with Gasteiger partial charge in [-0.25, -0.2) is 0 Å². The molecule has 100 valence electrons. The molecular formula is C15H23NO2. The van der Waals surface area contributed by atoms with Crippen LogP contribution >= 0.6 is 0 Å². The van der Waals surface area contributed by atoms with Crippen molar-refractivity contribution in [3.8, 4) is 5.75 Å². The number of phenols is 1. The number of hydrogen-bond donors (Lipinski definition) is 2. The van der Waals surface area contributed by atoms with Gasteiger partial charge in [-0.1, -0.05) is 24.6 Å². The van der Waals surface area contributed by atoms with E-state index < -0.39 is 0 Å². The molecule has 0 heterocycles. The summed E-state index contributed by atoms with van der Waals surface area (Å²) in [5, 5.41) is 19.8. The fraction of sp³-hybridized carbons (Fsp3) is 0.600. The zero-order valence-corrected chi connectivity index (χ0v) is 11.3. The Hall–Kier alpha value is -1.06. The van der Waals surface area contributed by atoms with Crippen LogP contribution in [0.1, 0.15) is 30.4 Å². The van der Waals surface area contributed by atoms with E-state index in [4.69, 9.17) is 0 Å². The molecule has 2 unspecified atom stereocenters. The molecule has 18 heavy (non-hydrogen) atoms. The van der Waals surface area contributed by atoms with E-state index in [2.05, 4.69) is 4.90 Å². The number of aliphatic hydroxyl groups is 1. The molecule has 1 aromatic rings. The molecule has 0 amide bonds. The van der Waals surface area contributed by atoms with Crippen LogP contribution in [0.2, 0.25) is 0 Å². The first-order valence-electron chi connectivity index (χ1n) is 6.72. The van der Waals surface area contributed by atoms with Gasteiger partial charge in [0.2, 0.25) is 0 Å². The van der Waals surface area contributed by atoms with Crippen LogP contribution in [-0.4, -0.2) is 34.8 Å². The van der Waals surface area contributed by atoms with Gasteiger partial charge < -0.3 is 15.1 Å². The minimum absolute atomic E-state index is 0.140. The molecule has 3 nitrogen and oxygen atoms in total. The molecule has 3 heteroatoms. The second-order valence-electron chi connectivity index (χ2n) is 5.54. The van der Waals surface area contributed by atoms with Crippen LogP contribution in [0.3, 0.4) is 0 Å². The summed E-state index contributed by atoms with van der Waals surface area (Å²) >= 11 is 0. The second-order valence-corrected chi connectivity index (χ2v) is 5.54. The molecule has 1 aliphatic rings. The van der Waals surface area contributed by atoms with Gasteiger partial charge in [0, 0.05) is 18.7 Å². The van der Waals surface area contributed by atoms with E-state index in [9.17, 15) is 10.2 Å². The number of aromatic hydroxyl groups is 1. The summed E-state index contributed by atoms with van der Waals surface area (Å²) in [4.78, 5) is 2.19. The molecule has 2 atom stereocenters. The van der Waals surface area contributed by atoms with E-state index >= 15 is 0 Å². The lowest BCUT2D eigenvalue weighted by molar-refractivity contribution is 0.107. The van der Waals surface area contributed by atoms with Crippen molar-refractivity contribution in [3.63, 3.8) is 0 Å². The summed E-state index contributed by atoms with van der Waals surface area (Å²) < 4.78 is 0. The topological polar surface area (TPSA) is 43.7 Å². The lowest BCUT2D eigenvalue weighted by Gasteiger charge is -2.23. The van der Waals surface area contributed by atoms with Gasteiger partial charge in [0.1, 0.15) is 5.75 Å². The van der Waals surface area contributed by atoms with Crippen LogP contribution in [0, 0.1) is 12.8 Å². The highest BCUT2D eigenvalue weighted by atomic mass is 16.3. The normalized spacial score (nSPS) is 23.8. The third-order valence-corrected chi connectivity index (χ3v) is 3.93. The third-order valence-electron chi connectivity index (χ3n) is 3.93. The number of rotatable bonds is 4. The SMILES string of the molecule is Cc1cccc(CN(C)CC2CCCC2O)c1O. The molecule has 0 bridgehead atoms. The van der Waals surface area contributed by atoms with Crippen molar-refractivity contribution in [3.05, 3.63) is 29.3 Å². The second kappa shape index (κ2) is 5.72. The van der Waals surface area contributed by atoms with E-state index in [-0.39, 0.29) is 6.10 Å². The van der Waals surface area contributed by atoms with Crippen molar-refractivity contribution < 1.29 is 10.2 Å². The maximum absolute atomic E-state index is 9.98. The zero-order chi connectivity index (χ0) is 13.1. The average molecular weight is 249 g/mol. The van der Waals surface area contributed by atoms with Crippen LogP contribution in [0.15, 0.2) is 18.2 Å². The van der Waals surface area contributed by atoms with Gasteiger partial charge in [-0.05, 0) is 38.3 Å². The summed E-state index contributed by atoms with van der Waals surface area (Å²) in [7, 11) is 2.05. The van der Waals surface area contributed by atoms with Gasteiger partial charge in [0.05, 0.1) is 6.10 Å². The van der Waals surface area contributed by atoms with E-state index in [0.29, 0.717) is 11.7 Å². The fourth-order valence-electron chi connectivity index (χ4n) is 2.83.